The van der Waals surface area contributed by atoms with Gasteiger partial charge in [-0.1, -0.05) is 29.5 Å². The Kier molecular flexibility index (Phi) is 9.15. The number of rotatable bonds is 10. The van der Waals surface area contributed by atoms with Gasteiger partial charge in [0.2, 0.25) is 0 Å². The molecule has 1 atom stereocenters. The van der Waals surface area contributed by atoms with Gasteiger partial charge in [-0.3, -0.25) is 9.36 Å². The van der Waals surface area contributed by atoms with E-state index in [0.29, 0.717) is 68.0 Å². The number of allylic oxidation sites excluding steroid dienone is 1. The Morgan fingerprint density at radius 1 is 0.977 bits per heavy atom. The second-order valence-corrected chi connectivity index (χ2v) is 10.7. The second-order valence-electron chi connectivity index (χ2n) is 9.65. The molecule has 11 heteroatoms. The van der Waals surface area contributed by atoms with Gasteiger partial charge in [-0.05, 0) is 69.7 Å². The number of methoxy groups -OCH3 is 1. The Morgan fingerprint density at radius 2 is 1.75 bits per heavy atom. The van der Waals surface area contributed by atoms with Gasteiger partial charge in [-0.2, -0.15) is 0 Å². The highest BCUT2D eigenvalue weighted by Gasteiger charge is 2.34. The molecule has 1 aliphatic rings. The lowest BCUT2D eigenvalue weighted by molar-refractivity contribution is -0.139. The lowest BCUT2D eigenvalue weighted by Gasteiger charge is -2.25. The molecule has 0 aliphatic carbocycles. The third-order valence-electron chi connectivity index (χ3n) is 6.87. The van der Waals surface area contributed by atoms with Gasteiger partial charge in [-0.15, -0.1) is 0 Å². The van der Waals surface area contributed by atoms with Crippen molar-refractivity contribution in [3.05, 3.63) is 102 Å². The van der Waals surface area contributed by atoms with E-state index in [1.54, 1.807) is 62.4 Å². The average Bonchev–Trinajstić information content (AvgIpc) is 3.61. The number of furan rings is 1. The molecule has 10 nitrogen and oxygen atoms in total. The van der Waals surface area contributed by atoms with Crippen LogP contribution in [0.5, 0.6) is 11.5 Å². The molecular weight excluding hydrogens is 584 g/mol. The predicted octanol–water partition coefficient (Wildman–Crippen LogP) is 4.64. The number of aromatic nitrogens is 1. The summed E-state index contributed by atoms with van der Waals surface area (Å²) >= 11 is 1.19. The minimum Gasteiger partial charge on any atom is -0.490 e. The summed E-state index contributed by atoms with van der Waals surface area (Å²) in [5.74, 6) is 1.02. The summed E-state index contributed by atoms with van der Waals surface area (Å²) in [6.45, 7) is 8.24. The van der Waals surface area contributed by atoms with E-state index in [-0.39, 0.29) is 17.7 Å². The molecule has 228 valence electrons. The molecule has 44 heavy (non-hydrogen) atoms. The van der Waals surface area contributed by atoms with Crippen LogP contribution in [0.3, 0.4) is 0 Å². The summed E-state index contributed by atoms with van der Waals surface area (Å²) < 4.78 is 29.7. The summed E-state index contributed by atoms with van der Waals surface area (Å²) in [5.41, 5.74) is 2.11. The predicted molar refractivity (Wildman–Crippen MR) is 165 cm³/mol. The van der Waals surface area contributed by atoms with Crippen LogP contribution in [0, 0.1) is 0 Å². The zero-order valence-corrected chi connectivity index (χ0v) is 25.9. The van der Waals surface area contributed by atoms with Crippen LogP contribution in [0.1, 0.15) is 55.4 Å². The first-order valence-corrected chi connectivity index (χ1v) is 15.0. The minimum absolute atomic E-state index is 0.170. The Hall–Kier alpha value is -4.90. The number of hydrogen-bond acceptors (Lipinski definition) is 10. The lowest BCUT2D eigenvalue weighted by Crippen LogP contribution is -2.40. The van der Waals surface area contributed by atoms with Crippen molar-refractivity contribution in [1.29, 1.82) is 0 Å². The standard InChI is InChI=1S/C33H32N2O8S/c1-6-40-25-14-12-21(17-26(25)41-7-2)29-28(32(38)42-8-3)19(4)34-33-35(29)30(36)27(44-33)18-23-13-15-24(43-23)20-10-9-11-22(16-20)31(37)39-5/h9-18,29H,6-8H2,1-5H3/b27-18-/t29-/m0/s1. The molecule has 0 saturated carbocycles. The van der Waals surface area contributed by atoms with Crippen LogP contribution in [-0.2, 0) is 14.3 Å². The normalized spacial score (nSPS) is 14.6. The maximum atomic E-state index is 14.0. The molecule has 0 fully saturated rings. The molecule has 0 bridgehead atoms. The zero-order chi connectivity index (χ0) is 31.4. The van der Waals surface area contributed by atoms with Crippen molar-refractivity contribution >= 4 is 29.4 Å². The summed E-state index contributed by atoms with van der Waals surface area (Å²) in [7, 11) is 1.32. The number of hydrogen-bond donors (Lipinski definition) is 0. The maximum absolute atomic E-state index is 14.0. The number of benzene rings is 2. The smallest absolute Gasteiger partial charge is 0.338 e. The van der Waals surface area contributed by atoms with Gasteiger partial charge in [0.1, 0.15) is 11.5 Å². The third-order valence-corrected chi connectivity index (χ3v) is 7.85. The molecule has 0 saturated heterocycles. The molecule has 5 rings (SSSR count). The highest BCUT2D eigenvalue weighted by Crippen LogP contribution is 2.36. The van der Waals surface area contributed by atoms with E-state index in [1.807, 2.05) is 26.0 Å². The largest absolute Gasteiger partial charge is 0.490 e. The number of fused-ring (bicyclic) bond motifs is 1. The Balaban J connectivity index is 1.62. The molecule has 0 unspecified atom stereocenters. The van der Waals surface area contributed by atoms with E-state index in [2.05, 4.69) is 4.99 Å². The van der Waals surface area contributed by atoms with Crippen LogP contribution >= 0.6 is 11.3 Å². The number of nitrogens with zero attached hydrogens (tertiary/aromatic N) is 2. The summed E-state index contributed by atoms with van der Waals surface area (Å²) in [5, 5.41) is 0. The van der Waals surface area contributed by atoms with Crippen molar-refractivity contribution in [2.45, 2.75) is 33.7 Å². The van der Waals surface area contributed by atoms with Crippen LogP contribution in [0.15, 0.2) is 80.1 Å². The molecular formula is C33H32N2O8S. The second kappa shape index (κ2) is 13.2. The van der Waals surface area contributed by atoms with Crippen LogP contribution in [0.25, 0.3) is 17.4 Å². The quantitative estimate of drug-likeness (QED) is 0.237. The number of carbonyl (C=O) groups is 2. The number of carbonyl (C=O) groups excluding carboxylic acids is 2. The van der Waals surface area contributed by atoms with E-state index in [4.69, 9.17) is 23.4 Å². The van der Waals surface area contributed by atoms with Gasteiger partial charge in [0.25, 0.3) is 5.56 Å². The van der Waals surface area contributed by atoms with Crippen molar-refractivity contribution in [2.24, 2.45) is 4.99 Å². The van der Waals surface area contributed by atoms with Crippen LogP contribution in [-0.4, -0.2) is 43.4 Å². The summed E-state index contributed by atoms with van der Waals surface area (Å²) in [4.78, 5) is 44.3. The van der Waals surface area contributed by atoms with Crippen molar-refractivity contribution in [2.75, 3.05) is 26.9 Å². The van der Waals surface area contributed by atoms with Gasteiger partial charge in [0, 0.05) is 11.6 Å². The van der Waals surface area contributed by atoms with E-state index in [9.17, 15) is 14.4 Å². The fraction of sp³-hybridized carbons (Fsp3) is 0.273. The fourth-order valence-corrected chi connectivity index (χ4v) is 6.00. The summed E-state index contributed by atoms with van der Waals surface area (Å²) in [6.07, 6.45) is 1.64. The summed E-state index contributed by atoms with van der Waals surface area (Å²) in [6, 6.07) is 15.0. The lowest BCUT2D eigenvalue weighted by atomic mass is 9.95. The van der Waals surface area contributed by atoms with Crippen molar-refractivity contribution in [3.8, 4) is 22.8 Å². The number of thiazole rings is 1. The highest BCUT2D eigenvalue weighted by molar-refractivity contribution is 7.07. The van der Waals surface area contributed by atoms with Crippen molar-refractivity contribution in [3.63, 3.8) is 0 Å². The molecule has 3 heterocycles. The molecule has 0 N–H and O–H groups in total. The third kappa shape index (κ3) is 5.96. The first-order valence-electron chi connectivity index (χ1n) is 14.2. The van der Waals surface area contributed by atoms with Crippen LogP contribution < -0.4 is 24.4 Å². The minimum atomic E-state index is -0.810. The van der Waals surface area contributed by atoms with Gasteiger partial charge in [-0.25, -0.2) is 14.6 Å². The average molecular weight is 617 g/mol. The first-order chi connectivity index (χ1) is 21.3. The monoisotopic (exact) mass is 616 g/mol. The Morgan fingerprint density at radius 3 is 2.48 bits per heavy atom. The number of esters is 2. The van der Waals surface area contributed by atoms with Gasteiger partial charge in [0.15, 0.2) is 16.3 Å². The molecule has 0 spiro atoms. The van der Waals surface area contributed by atoms with E-state index in [1.165, 1.54) is 23.0 Å². The number of ether oxygens (including phenoxy) is 4. The molecule has 2 aromatic carbocycles. The molecule has 4 aromatic rings. The van der Waals surface area contributed by atoms with E-state index >= 15 is 0 Å². The molecule has 2 aromatic heterocycles. The molecule has 0 radical (unpaired) electrons. The van der Waals surface area contributed by atoms with Crippen LogP contribution in [0.2, 0.25) is 0 Å². The van der Waals surface area contributed by atoms with Crippen molar-refractivity contribution < 1.29 is 33.0 Å². The molecule has 0 amide bonds. The van der Waals surface area contributed by atoms with Gasteiger partial charge >= 0.3 is 11.9 Å². The Bertz CT molecular complexity index is 1930. The van der Waals surface area contributed by atoms with Gasteiger partial charge < -0.3 is 23.4 Å². The van der Waals surface area contributed by atoms with E-state index in [0.717, 1.165) is 0 Å². The zero-order valence-electron chi connectivity index (χ0n) is 25.0. The SMILES string of the molecule is CCOC(=O)C1=C(C)N=c2s/c(=C\c3ccc(-c4cccc(C(=O)OC)c4)o3)c(=O)n2[C@H]1c1ccc(OCC)c(OCC)c1. The fourth-order valence-electron chi connectivity index (χ4n) is 4.98. The highest BCUT2D eigenvalue weighted by atomic mass is 32.1. The van der Waals surface area contributed by atoms with Gasteiger partial charge in [0.05, 0.1) is 54.3 Å². The first kappa shape index (κ1) is 30.6. The topological polar surface area (TPSA) is 119 Å². The molecule has 1 aliphatic heterocycles. The van der Waals surface area contributed by atoms with E-state index < -0.39 is 18.0 Å². The Labute approximate surface area is 257 Å². The van der Waals surface area contributed by atoms with Crippen LogP contribution in [0.4, 0.5) is 0 Å². The van der Waals surface area contributed by atoms with Crippen molar-refractivity contribution in [1.82, 2.24) is 4.57 Å². The maximum Gasteiger partial charge on any atom is 0.338 e.